The van der Waals surface area contributed by atoms with Gasteiger partial charge in [0.1, 0.15) is 0 Å². The van der Waals surface area contributed by atoms with Crippen molar-refractivity contribution in [2.75, 3.05) is 0 Å². The Labute approximate surface area is 98.9 Å². The number of hydrogen-bond acceptors (Lipinski definition) is 1. The number of fused-ring (bicyclic) bond motifs is 3. The minimum Gasteiger partial charge on any atom is -0.390 e. The molecular weight excluding hydrogens is 196 g/mol. The fourth-order valence-electron chi connectivity index (χ4n) is 4.86. The Kier molecular flexibility index (Phi) is 1.98. The van der Waals surface area contributed by atoms with Gasteiger partial charge in [0.2, 0.25) is 0 Å². The van der Waals surface area contributed by atoms with Crippen molar-refractivity contribution in [2.24, 2.45) is 29.1 Å². The van der Waals surface area contributed by atoms with Gasteiger partial charge in [0, 0.05) is 0 Å². The number of allylic oxidation sites excluding steroid dienone is 1. The van der Waals surface area contributed by atoms with Crippen LogP contribution in [0.3, 0.4) is 0 Å². The third kappa shape index (κ3) is 1.21. The van der Waals surface area contributed by atoms with E-state index in [0.717, 1.165) is 31.1 Å². The first kappa shape index (κ1) is 10.8. The molecule has 0 amide bonds. The lowest BCUT2D eigenvalue weighted by Crippen LogP contribution is -2.37. The van der Waals surface area contributed by atoms with Gasteiger partial charge < -0.3 is 5.11 Å². The highest BCUT2D eigenvalue weighted by Crippen LogP contribution is 2.70. The van der Waals surface area contributed by atoms with Crippen molar-refractivity contribution in [1.82, 2.24) is 0 Å². The lowest BCUT2D eigenvalue weighted by atomic mass is 9.76. The summed E-state index contributed by atoms with van der Waals surface area (Å²) in [5.41, 5.74) is 1.49. The van der Waals surface area contributed by atoms with Gasteiger partial charge in [-0.3, -0.25) is 0 Å². The molecule has 3 aliphatic carbocycles. The second-order valence-electron chi connectivity index (χ2n) is 7.18. The van der Waals surface area contributed by atoms with E-state index < -0.39 is 5.60 Å². The van der Waals surface area contributed by atoms with Gasteiger partial charge in [-0.2, -0.15) is 0 Å². The van der Waals surface area contributed by atoms with Crippen LogP contribution in [0.2, 0.25) is 0 Å². The molecule has 3 fully saturated rings. The highest BCUT2D eigenvalue weighted by atomic mass is 16.3. The molecule has 0 spiro atoms. The Morgan fingerprint density at radius 2 is 1.88 bits per heavy atom. The van der Waals surface area contributed by atoms with E-state index in [1.54, 1.807) is 0 Å². The van der Waals surface area contributed by atoms with Crippen LogP contribution in [0.5, 0.6) is 0 Å². The fourth-order valence-corrected chi connectivity index (χ4v) is 4.86. The Morgan fingerprint density at radius 3 is 2.56 bits per heavy atom. The molecule has 5 atom stereocenters. The molecule has 1 nitrogen and oxygen atoms in total. The molecule has 90 valence electrons. The first-order chi connectivity index (χ1) is 7.36. The van der Waals surface area contributed by atoms with E-state index >= 15 is 0 Å². The first-order valence-corrected chi connectivity index (χ1v) is 6.76. The predicted molar refractivity (Wildman–Crippen MR) is 66.0 cm³/mol. The molecule has 0 aromatic carbocycles. The van der Waals surface area contributed by atoms with Crippen molar-refractivity contribution in [3.05, 3.63) is 12.2 Å². The van der Waals surface area contributed by atoms with Gasteiger partial charge in [0.25, 0.3) is 0 Å². The largest absolute Gasteiger partial charge is 0.390 e. The monoisotopic (exact) mass is 220 g/mol. The minimum absolute atomic E-state index is 0.437. The Morgan fingerprint density at radius 1 is 1.19 bits per heavy atom. The van der Waals surface area contributed by atoms with Crippen LogP contribution < -0.4 is 0 Å². The molecule has 0 aromatic heterocycles. The van der Waals surface area contributed by atoms with Crippen LogP contribution in [0.15, 0.2) is 12.2 Å². The van der Waals surface area contributed by atoms with Crippen LogP contribution in [-0.4, -0.2) is 10.7 Å². The highest BCUT2D eigenvalue weighted by Gasteiger charge is 2.66. The summed E-state index contributed by atoms with van der Waals surface area (Å²) in [7, 11) is 0. The van der Waals surface area contributed by atoms with Crippen LogP contribution in [0, 0.1) is 29.1 Å². The lowest BCUT2D eigenvalue weighted by Gasteiger charge is -2.34. The molecule has 1 N–H and O–H groups in total. The summed E-state index contributed by atoms with van der Waals surface area (Å²) < 4.78 is 0. The lowest BCUT2D eigenvalue weighted by molar-refractivity contribution is -0.0229. The zero-order chi connectivity index (χ0) is 11.7. The van der Waals surface area contributed by atoms with E-state index in [9.17, 15) is 5.11 Å². The highest BCUT2D eigenvalue weighted by molar-refractivity contribution is 5.24. The van der Waals surface area contributed by atoms with Gasteiger partial charge in [-0.1, -0.05) is 26.0 Å². The van der Waals surface area contributed by atoms with Gasteiger partial charge in [0.15, 0.2) is 0 Å². The van der Waals surface area contributed by atoms with Gasteiger partial charge >= 0.3 is 0 Å². The van der Waals surface area contributed by atoms with Gasteiger partial charge in [-0.05, 0) is 61.7 Å². The summed E-state index contributed by atoms with van der Waals surface area (Å²) in [5, 5.41) is 10.6. The maximum atomic E-state index is 10.6. The number of hydrogen-bond donors (Lipinski definition) is 1. The number of rotatable bonds is 0. The molecule has 0 aromatic rings. The smallest absolute Gasteiger partial charge is 0.0653 e. The molecule has 1 heteroatoms. The van der Waals surface area contributed by atoms with Crippen molar-refractivity contribution in [2.45, 2.75) is 52.1 Å². The summed E-state index contributed by atoms with van der Waals surface area (Å²) in [6.07, 6.45) is 4.51. The van der Waals surface area contributed by atoms with E-state index in [1.165, 1.54) is 12.0 Å². The summed E-state index contributed by atoms with van der Waals surface area (Å²) in [4.78, 5) is 0. The summed E-state index contributed by atoms with van der Waals surface area (Å²) in [6, 6.07) is 0. The zero-order valence-electron chi connectivity index (χ0n) is 10.8. The zero-order valence-corrected chi connectivity index (χ0v) is 10.8. The van der Waals surface area contributed by atoms with E-state index in [1.807, 2.05) is 0 Å². The first-order valence-electron chi connectivity index (χ1n) is 6.76. The van der Waals surface area contributed by atoms with Crippen molar-refractivity contribution in [3.8, 4) is 0 Å². The van der Waals surface area contributed by atoms with E-state index in [4.69, 9.17) is 0 Å². The fraction of sp³-hybridized carbons (Fsp3) is 0.867. The molecule has 0 bridgehead atoms. The standard InChI is InChI=1S/C15H24O/c1-9-5-6-10-12(9)13-11(14(13,2)3)7-8-15(10,4)16/h10-13,16H,1,5-8H2,2-4H3/t10-,11-,12?,13-,15+/m0/s1. The maximum Gasteiger partial charge on any atom is 0.0653 e. The van der Waals surface area contributed by atoms with Crippen LogP contribution >= 0.6 is 0 Å². The Hall–Kier alpha value is -0.300. The average Bonchev–Trinajstić information content (AvgIpc) is 2.51. The molecule has 16 heavy (non-hydrogen) atoms. The van der Waals surface area contributed by atoms with Crippen molar-refractivity contribution in [1.29, 1.82) is 0 Å². The van der Waals surface area contributed by atoms with E-state index in [0.29, 0.717) is 17.3 Å². The third-order valence-electron chi connectivity index (χ3n) is 5.97. The van der Waals surface area contributed by atoms with Crippen molar-refractivity contribution in [3.63, 3.8) is 0 Å². The van der Waals surface area contributed by atoms with Crippen LogP contribution in [0.1, 0.15) is 46.5 Å². The second kappa shape index (κ2) is 2.93. The van der Waals surface area contributed by atoms with Crippen molar-refractivity contribution < 1.29 is 5.11 Å². The molecule has 3 aliphatic rings. The van der Waals surface area contributed by atoms with Crippen LogP contribution in [-0.2, 0) is 0 Å². The quantitative estimate of drug-likeness (QED) is 0.620. The predicted octanol–water partition coefficient (Wildman–Crippen LogP) is 3.39. The van der Waals surface area contributed by atoms with Crippen LogP contribution in [0.4, 0.5) is 0 Å². The summed E-state index contributed by atoms with van der Waals surface area (Å²) >= 11 is 0. The van der Waals surface area contributed by atoms with Crippen molar-refractivity contribution >= 4 is 0 Å². The third-order valence-corrected chi connectivity index (χ3v) is 5.97. The topological polar surface area (TPSA) is 20.2 Å². The Balaban J connectivity index is 1.97. The van der Waals surface area contributed by atoms with E-state index in [-0.39, 0.29) is 0 Å². The Bertz CT molecular complexity index is 339. The molecule has 0 radical (unpaired) electrons. The second-order valence-corrected chi connectivity index (χ2v) is 7.18. The van der Waals surface area contributed by atoms with Gasteiger partial charge in [-0.25, -0.2) is 0 Å². The molecule has 0 aliphatic heterocycles. The normalized spacial score (nSPS) is 54.1. The maximum absolute atomic E-state index is 10.6. The molecule has 1 unspecified atom stereocenters. The van der Waals surface area contributed by atoms with Crippen LogP contribution in [0.25, 0.3) is 0 Å². The van der Waals surface area contributed by atoms with E-state index in [2.05, 4.69) is 27.4 Å². The van der Waals surface area contributed by atoms with Gasteiger partial charge in [0.05, 0.1) is 5.60 Å². The SMILES string of the molecule is C=C1CC[C@H]2C1[C@@H]1[C@H](CC[C@@]2(C)O)C1(C)C. The average molecular weight is 220 g/mol. The number of aliphatic hydroxyl groups is 1. The summed E-state index contributed by atoms with van der Waals surface area (Å²) in [6.45, 7) is 11.1. The minimum atomic E-state index is -0.437. The molecule has 0 saturated heterocycles. The molecule has 0 heterocycles. The molecule has 3 saturated carbocycles. The molecular formula is C15H24O. The van der Waals surface area contributed by atoms with Gasteiger partial charge in [-0.15, -0.1) is 0 Å². The summed E-state index contributed by atoms with van der Waals surface area (Å²) in [5.74, 6) is 2.74. The molecule has 3 rings (SSSR count).